The highest BCUT2D eigenvalue weighted by atomic mass is 16.5. The molecule has 2 aliphatic rings. The van der Waals surface area contributed by atoms with Crippen molar-refractivity contribution in [1.29, 1.82) is 0 Å². The first-order chi connectivity index (χ1) is 5.45. The van der Waals surface area contributed by atoms with Crippen molar-refractivity contribution < 1.29 is 4.74 Å². The molecule has 0 bridgehead atoms. The summed E-state index contributed by atoms with van der Waals surface area (Å²) < 4.78 is 5.49. The lowest BCUT2D eigenvalue weighted by Crippen LogP contribution is -2.27. The minimum absolute atomic E-state index is 0.522. The lowest BCUT2D eigenvalue weighted by atomic mass is 10.2. The zero-order valence-electron chi connectivity index (χ0n) is 7.01. The van der Waals surface area contributed by atoms with Gasteiger partial charge in [0.05, 0.1) is 6.10 Å². The third-order valence-electron chi connectivity index (χ3n) is 2.53. The van der Waals surface area contributed by atoms with Crippen LogP contribution >= 0.6 is 0 Å². The summed E-state index contributed by atoms with van der Waals surface area (Å²) in [5.74, 6) is 0.997. The lowest BCUT2D eigenvalue weighted by molar-refractivity contribution is 0.110. The van der Waals surface area contributed by atoms with E-state index in [-0.39, 0.29) is 0 Å². The molecule has 1 atom stereocenters. The highest BCUT2D eigenvalue weighted by Gasteiger charge is 2.21. The van der Waals surface area contributed by atoms with Crippen LogP contribution in [0.15, 0.2) is 0 Å². The molecule has 0 aromatic carbocycles. The molecule has 11 heavy (non-hydrogen) atoms. The first-order valence-electron chi connectivity index (χ1n) is 4.77. The third kappa shape index (κ3) is 2.46. The number of hydrogen-bond acceptors (Lipinski definition) is 2. The van der Waals surface area contributed by atoms with Crippen molar-refractivity contribution in [3.05, 3.63) is 0 Å². The Kier molecular flexibility index (Phi) is 2.44. The van der Waals surface area contributed by atoms with Gasteiger partial charge in [-0.3, -0.25) is 0 Å². The van der Waals surface area contributed by atoms with Crippen molar-refractivity contribution in [2.75, 3.05) is 19.7 Å². The minimum Gasteiger partial charge on any atom is -0.377 e. The predicted octanol–water partition coefficient (Wildman–Crippen LogP) is 1.16. The average Bonchev–Trinajstić information content (AvgIpc) is 2.66. The van der Waals surface area contributed by atoms with Gasteiger partial charge in [-0.15, -0.1) is 0 Å². The maximum atomic E-state index is 5.49. The highest BCUT2D eigenvalue weighted by Crippen LogP contribution is 2.27. The fourth-order valence-corrected chi connectivity index (χ4v) is 1.58. The highest BCUT2D eigenvalue weighted by molar-refractivity contribution is 4.76. The van der Waals surface area contributed by atoms with Crippen LogP contribution in [0, 0.1) is 5.92 Å². The van der Waals surface area contributed by atoms with Crippen molar-refractivity contribution in [1.82, 2.24) is 5.32 Å². The topological polar surface area (TPSA) is 21.3 Å². The van der Waals surface area contributed by atoms with E-state index >= 15 is 0 Å². The van der Waals surface area contributed by atoms with Crippen LogP contribution in [0.5, 0.6) is 0 Å². The zero-order chi connectivity index (χ0) is 7.52. The average molecular weight is 155 g/mol. The maximum Gasteiger partial charge on any atom is 0.0700 e. The van der Waals surface area contributed by atoms with E-state index in [4.69, 9.17) is 4.74 Å². The largest absolute Gasteiger partial charge is 0.377 e. The number of hydrogen-bond donors (Lipinski definition) is 1. The Hall–Kier alpha value is -0.0800. The van der Waals surface area contributed by atoms with E-state index in [0.717, 1.165) is 19.1 Å². The van der Waals surface area contributed by atoms with Gasteiger partial charge in [-0.05, 0) is 38.1 Å². The summed E-state index contributed by atoms with van der Waals surface area (Å²) in [6, 6.07) is 0. The molecule has 2 nitrogen and oxygen atoms in total. The molecule has 2 rings (SSSR count). The van der Waals surface area contributed by atoms with E-state index in [1.807, 2.05) is 0 Å². The van der Waals surface area contributed by atoms with Crippen molar-refractivity contribution in [2.24, 2.45) is 5.92 Å². The molecule has 0 aromatic rings. The van der Waals surface area contributed by atoms with Crippen LogP contribution in [0.25, 0.3) is 0 Å². The van der Waals surface area contributed by atoms with Gasteiger partial charge in [0.15, 0.2) is 0 Å². The van der Waals surface area contributed by atoms with Crippen LogP contribution in [0.2, 0.25) is 0 Å². The molecule has 0 amide bonds. The van der Waals surface area contributed by atoms with Gasteiger partial charge in [-0.2, -0.15) is 0 Å². The summed E-state index contributed by atoms with van der Waals surface area (Å²) >= 11 is 0. The fourth-order valence-electron chi connectivity index (χ4n) is 1.58. The summed E-state index contributed by atoms with van der Waals surface area (Å²) in [5.41, 5.74) is 0. The van der Waals surface area contributed by atoms with Gasteiger partial charge in [-0.1, -0.05) is 0 Å². The van der Waals surface area contributed by atoms with Crippen LogP contribution in [0.3, 0.4) is 0 Å². The smallest absolute Gasteiger partial charge is 0.0700 e. The third-order valence-corrected chi connectivity index (χ3v) is 2.53. The standard InChI is InChI=1S/C9H17NO/c1-2-9(11-5-1)7-10-6-8-3-4-8/h8-10H,1-7H2. The molecule has 1 unspecified atom stereocenters. The quantitative estimate of drug-likeness (QED) is 0.658. The fraction of sp³-hybridized carbons (Fsp3) is 1.00. The second-order valence-corrected chi connectivity index (χ2v) is 3.74. The van der Waals surface area contributed by atoms with E-state index < -0.39 is 0 Å². The predicted molar refractivity (Wildman–Crippen MR) is 44.6 cm³/mol. The van der Waals surface area contributed by atoms with Crippen LogP contribution in [-0.2, 0) is 4.74 Å². The van der Waals surface area contributed by atoms with E-state index in [2.05, 4.69) is 5.32 Å². The minimum atomic E-state index is 0.522. The van der Waals surface area contributed by atoms with Gasteiger partial charge in [0, 0.05) is 13.2 Å². The molecule has 1 N–H and O–H groups in total. The molecule has 0 radical (unpaired) electrons. The SMILES string of the molecule is C1COC(CNCC2CC2)C1. The van der Waals surface area contributed by atoms with Crippen molar-refractivity contribution in [3.63, 3.8) is 0 Å². The number of nitrogens with one attached hydrogen (secondary N) is 1. The second-order valence-electron chi connectivity index (χ2n) is 3.74. The molecular formula is C9H17NO. The van der Waals surface area contributed by atoms with E-state index in [1.54, 1.807) is 0 Å². The molecule has 1 aliphatic carbocycles. The van der Waals surface area contributed by atoms with Crippen molar-refractivity contribution in [3.8, 4) is 0 Å². The van der Waals surface area contributed by atoms with Gasteiger partial charge in [0.2, 0.25) is 0 Å². The van der Waals surface area contributed by atoms with E-state index in [1.165, 1.54) is 32.2 Å². The number of ether oxygens (including phenoxy) is 1. The van der Waals surface area contributed by atoms with Crippen LogP contribution < -0.4 is 5.32 Å². The molecule has 1 saturated heterocycles. The van der Waals surface area contributed by atoms with Crippen LogP contribution in [0.1, 0.15) is 25.7 Å². The number of rotatable bonds is 4. The summed E-state index contributed by atoms with van der Waals surface area (Å²) in [7, 11) is 0. The molecule has 0 spiro atoms. The van der Waals surface area contributed by atoms with E-state index in [0.29, 0.717) is 6.10 Å². The van der Waals surface area contributed by atoms with Gasteiger partial charge >= 0.3 is 0 Å². The summed E-state index contributed by atoms with van der Waals surface area (Å²) in [5, 5.41) is 3.46. The van der Waals surface area contributed by atoms with Crippen molar-refractivity contribution >= 4 is 0 Å². The van der Waals surface area contributed by atoms with Gasteiger partial charge < -0.3 is 10.1 Å². The Labute approximate surface area is 68.3 Å². The molecule has 1 saturated carbocycles. The summed E-state index contributed by atoms with van der Waals surface area (Å²) in [6.45, 7) is 3.28. The van der Waals surface area contributed by atoms with E-state index in [9.17, 15) is 0 Å². The summed E-state index contributed by atoms with van der Waals surface area (Å²) in [6.07, 6.45) is 5.93. The van der Waals surface area contributed by atoms with Crippen LogP contribution in [-0.4, -0.2) is 25.8 Å². The Morgan fingerprint density at radius 1 is 1.18 bits per heavy atom. The molecule has 64 valence electrons. The first-order valence-corrected chi connectivity index (χ1v) is 4.77. The maximum absolute atomic E-state index is 5.49. The second kappa shape index (κ2) is 3.55. The molecule has 2 heteroatoms. The first kappa shape index (κ1) is 7.56. The Balaban J connectivity index is 1.51. The summed E-state index contributed by atoms with van der Waals surface area (Å²) in [4.78, 5) is 0. The van der Waals surface area contributed by atoms with Gasteiger partial charge in [0.25, 0.3) is 0 Å². The molecular weight excluding hydrogens is 138 g/mol. The van der Waals surface area contributed by atoms with Gasteiger partial charge in [0.1, 0.15) is 0 Å². The normalized spacial score (nSPS) is 31.1. The molecule has 1 heterocycles. The molecule has 0 aromatic heterocycles. The Morgan fingerprint density at radius 3 is 2.73 bits per heavy atom. The zero-order valence-corrected chi connectivity index (χ0v) is 7.01. The molecule has 1 aliphatic heterocycles. The Morgan fingerprint density at radius 2 is 2.09 bits per heavy atom. The monoisotopic (exact) mass is 155 g/mol. The molecule has 2 fully saturated rings. The van der Waals surface area contributed by atoms with Crippen LogP contribution in [0.4, 0.5) is 0 Å². The Bertz CT molecular complexity index is 117. The van der Waals surface area contributed by atoms with Gasteiger partial charge in [-0.25, -0.2) is 0 Å². The van der Waals surface area contributed by atoms with Crippen molar-refractivity contribution in [2.45, 2.75) is 31.8 Å². The lowest BCUT2D eigenvalue weighted by Gasteiger charge is -2.09.